The second kappa shape index (κ2) is 5.19. The monoisotopic (exact) mass is 288 g/mol. The zero-order chi connectivity index (χ0) is 12.3. The highest BCUT2D eigenvalue weighted by Crippen LogP contribution is 2.24. The molecular formula is C15H13BrO. The number of ether oxygens (including phenoxy) is 1. The number of halogens is 1. The quantitative estimate of drug-likeness (QED) is 0.807. The number of rotatable bonds is 3. The molecule has 2 heteroatoms. The summed E-state index contributed by atoms with van der Waals surface area (Å²) >= 11 is 3.42. The van der Waals surface area contributed by atoms with Crippen LogP contribution in [0.25, 0.3) is 5.57 Å². The summed E-state index contributed by atoms with van der Waals surface area (Å²) in [6.07, 6.45) is 0. The molecule has 0 amide bonds. The van der Waals surface area contributed by atoms with Gasteiger partial charge in [-0.2, -0.15) is 0 Å². The van der Waals surface area contributed by atoms with Gasteiger partial charge in [-0.15, -0.1) is 0 Å². The van der Waals surface area contributed by atoms with Crippen LogP contribution in [0.3, 0.4) is 0 Å². The lowest BCUT2D eigenvalue weighted by molar-refractivity contribution is 0.415. The lowest BCUT2D eigenvalue weighted by Crippen LogP contribution is -1.87. The van der Waals surface area contributed by atoms with Crippen molar-refractivity contribution < 1.29 is 4.74 Å². The van der Waals surface area contributed by atoms with E-state index in [2.05, 4.69) is 34.6 Å². The van der Waals surface area contributed by atoms with Gasteiger partial charge < -0.3 is 4.74 Å². The molecule has 0 atom stereocenters. The molecule has 0 aliphatic rings. The molecule has 1 nitrogen and oxygen atoms in total. The lowest BCUT2D eigenvalue weighted by atomic mass is 10.00. The van der Waals surface area contributed by atoms with Gasteiger partial charge in [0.25, 0.3) is 0 Å². The van der Waals surface area contributed by atoms with Crippen molar-refractivity contribution >= 4 is 21.5 Å². The van der Waals surface area contributed by atoms with Crippen LogP contribution in [0.1, 0.15) is 11.1 Å². The molecule has 17 heavy (non-hydrogen) atoms. The second-order valence-corrected chi connectivity index (χ2v) is 4.63. The van der Waals surface area contributed by atoms with E-state index in [1.807, 2.05) is 36.4 Å². The third-order valence-electron chi connectivity index (χ3n) is 2.63. The van der Waals surface area contributed by atoms with E-state index >= 15 is 0 Å². The van der Waals surface area contributed by atoms with E-state index in [1.165, 1.54) is 0 Å². The van der Waals surface area contributed by atoms with Crippen molar-refractivity contribution in [2.45, 2.75) is 0 Å². The minimum atomic E-state index is 0.859. The lowest BCUT2D eigenvalue weighted by Gasteiger charge is -2.07. The fourth-order valence-electron chi connectivity index (χ4n) is 1.61. The Morgan fingerprint density at radius 3 is 1.88 bits per heavy atom. The first-order valence-electron chi connectivity index (χ1n) is 5.30. The van der Waals surface area contributed by atoms with Crippen molar-refractivity contribution in [3.63, 3.8) is 0 Å². The van der Waals surface area contributed by atoms with Crippen LogP contribution < -0.4 is 4.74 Å². The average Bonchev–Trinajstić information content (AvgIpc) is 2.39. The highest BCUT2D eigenvalue weighted by atomic mass is 79.9. The Balaban J connectivity index is 2.27. The molecule has 0 heterocycles. The Bertz CT molecular complexity index is 512. The van der Waals surface area contributed by atoms with Gasteiger partial charge in [0.1, 0.15) is 5.75 Å². The van der Waals surface area contributed by atoms with Gasteiger partial charge in [0.2, 0.25) is 0 Å². The predicted molar refractivity (Wildman–Crippen MR) is 75.3 cm³/mol. The highest BCUT2D eigenvalue weighted by Gasteiger charge is 2.02. The molecule has 2 aromatic rings. The predicted octanol–water partition coefficient (Wildman–Crippen LogP) is 4.52. The molecule has 0 unspecified atom stereocenters. The van der Waals surface area contributed by atoms with Crippen LogP contribution in [-0.4, -0.2) is 7.11 Å². The average molecular weight is 289 g/mol. The third kappa shape index (κ3) is 2.77. The maximum Gasteiger partial charge on any atom is 0.118 e. The largest absolute Gasteiger partial charge is 0.497 e. The Morgan fingerprint density at radius 1 is 0.941 bits per heavy atom. The van der Waals surface area contributed by atoms with Crippen molar-refractivity contribution in [2.75, 3.05) is 7.11 Å². The van der Waals surface area contributed by atoms with Crippen LogP contribution in [0.15, 0.2) is 59.6 Å². The standard InChI is InChI=1S/C15H13BrO/c1-11(12-3-7-14(16)8-4-12)13-5-9-15(17-2)10-6-13/h3-10H,1H2,2H3. The van der Waals surface area contributed by atoms with Crippen LogP contribution in [-0.2, 0) is 0 Å². The molecular weight excluding hydrogens is 276 g/mol. The first-order chi connectivity index (χ1) is 8.20. The maximum atomic E-state index is 5.13. The summed E-state index contributed by atoms with van der Waals surface area (Å²) in [5, 5.41) is 0. The van der Waals surface area contributed by atoms with Crippen LogP contribution in [0.5, 0.6) is 5.75 Å². The Morgan fingerprint density at radius 2 is 1.41 bits per heavy atom. The van der Waals surface area contributed by atoms with Gasteiger partial charge in [-0.05, 0) is 41.0 Å². The van der Waals surface area contributed by atoms with Gasteiger partial charge >= 0.3 is 0 Å². The van der Waals surface area contributed by atoms with Crippen LogP contribution in [0.4, 0.5) is 0 Å². The molecule has 86 valence electrons. The minimum absolute atomic E-state index is 0.859. The van der Waals surface area contributed by atoms with E-state index < -0.39 is 0 Å². The minimum Gasteiger partial charge on any atom is -0.497 e. The normalized spacial score (nSPS) is 10.0. The molecule has 0 radical (unpaired) electrons. The molecule has 0 saturated carbocycles. The Hall–Kier alpha value is -1.54. The zero-order valence-corrected chi connectivity index (χ0v) is 11.2. The van der Waals surface area contributed by atoms with Gasteiger partial charge in [0, 0.05) is 4.47 Å². The Labute approximate surface area is 110 Å². The summed E-state index contributed by atoms with van der Waals surface area (Å²) in [4.78, 5) is 0. The van der Waals surface area contributed by atoms with Crippen LogP contribution in [0, 0.1) is 0 Å². The van der Waals surface area contributed by atoms with E-state index in [1.54, 1.807) is 7.11 Å². The molecule has 0 aliphatic heterocycles. The molecule has 0 aliphatic carbocycles. The summed E-state index contributed by atoms with van der Waals surface area (Å²) in [6, 6.07) is 16.1. The van der Waals surface area contributed by atoms with Gasteiger partial charge in [-0.25, -0.2) is 0 Å². The number of benzene rings is 2. The third-order valence-corrected chi connectivity index (χ3v) is 3.16. The molecule has 0 fully saturated rings. The summed E-state index contributed by atoms with van der Waals surface area (Å²) in [6.45, 7) is 4.12. The van der Waals surface area contributed by atoms with Crippen molar-refractivity contribution in [2.24, 2.45) is 0 Å². The first-order valence-corrected chi connectivity index (χ1v) is 6.09. The van der Waals surface area contributed by atoms with Crippen LogP contribution >= 0.6 is 15.9 Å². The fraction of sp³-hybridized carbons (Fsp3) is 0.0667. The van der Waals surface area contributed by atoms with E-state index in [4.69, 9.17) is 4.74 Å². The van der Waals surface area contributed by atoms with Gasteiger partial charge in [0.15, 0.2) is 0 Å². The van der Waals surface area contributed by atoms with E-state index in [0.29, 0.717) is 0 Å². The molecule has 0 aromatic heterocycles. The second-order valence-electron chi connectivity index (χ2n) is 3.71. The summed E-state index contributed by atoms with van der Waals surface area (Å²) in [7, 11) is 1.67. The summed E-state index contributed by atoms with van der Waals surface area (Å²) in [5.41, 5.74) is 3.24. The molecule has 2 aromatic carbocycles. The zero-order valence-electron chi connectivity index (χ0n) is 9.61. The molecule has 0 bridgehead atoms. The van der Waals surface area contributed by atoms with Crippen molar-refractivity contribution in [3.8, 4) is 5.75 Å². The SMILES string of the molecule is C=C(c1ccc(Br)cc1)c1ccc(OC)cc1. The van der Waals surface area contributed by atoms with Crippen molar-refractivity contribution in [1.82, 2.24) is 0 Å². The molecule has 2 rings (SSSR count). The number of hydrogen-bond donors (Lipinski definition) is 0. The smallest absolute Gasteiger partial charge is 0.118 e. The topological polar surface area (TPSA) is 9.23 Å². The summed E-state index contributed by atoms with van der Waals surface area (Å²) in [5.74, 6) is 0.859. The molecule has 0 saturated heterocycles. The number of hydrogen-bond acceptors (Lipinski definition) is 1. The highest BCUT2D eigenvalue weighted by molar-refractivity contribution is 9.10. The van der Waals surface area contributed by atoms with Crippen molar-refractivity contribution in [1.29, 1.82) is 0 Å². The first kappa shape index (κ1) is 11.9. The van der Waals surface area contributed by atoms with Crippen molar-refractivity contribution in [3.05, 3.63) is 70.7 Å². The molecule has 0 N–H and O–H groups in total. The molecule has 0 spiro atoms. The summed E-state index contributed by atoms with van der Waals surface area (Å²) < 4.78 is 6.21. The van der Waals surface area contributed by atoms with E-state index in [9.17, 15) is 0 Å². The Kier molecular flexibility index (Phi) is 3.64. The van der Waals surface area contributed by atoms with E-state index in [-0.39, 0.29) is 0 Å². The van der Waals surface area contributed by atoms with E-state index in [0.717, 1.165) is 26.9 Å². The van der Waals surface area contributed by atoms with Gasteiger partial charge in [-0.1, -0.05) is 46.8 Å². The van der Waals surface area contributed by atoms with Crippen LogP contribution in [0.2, 0.25) is 0 Å². The number of methoxy groups -OCH3 is 1. The maximum absolute atomic E-state index is 5.13. The van der Waals surface area contributed by atoms with Gasteiger partial charge in [-0.3, -0.25) is 0 Å². The van der Waals surface area contributed by atoms with Gasteiger partial charge in [0.05, 0.1) is 7.11 Å². The fourth-order valence-corrected chi connectivity index (χ4v) is 1.87.